The quantitative estimate of drug-likeness (QED) is 0.869. The van der Waals surface area contributed by atoms with E-state index in [1.165, 1.54) is 18.4 Å². The van der Waals surface area contributed by atoms with Crippen molar-refractivity contribution in [1.29, 1.82) is 0 Å². The zero-order chi connectivity index (χ0) is 12.5. The van der Waals surface area contributed by atoms with E-state index in [1.54, 1.807) is 6.66 Å². The number of thiophene rings is 1. The third kappa shape index (κ3) is 2.44. The fourth-order valence-corrected chi connectivity index (χ4v) is 4.07. The van der Waals surface area contributed by atoms with Gasteiger partial charge in [-0.15, -0.1) is 11.3 Å². The average molecular weight is 267 g/mol. The summed E-state index contributed by atoms with van der Waals surface area (Å²) in [5.74, 6) is 0. The molecular weight excluding hydrogens is 253 g/mol. The molecule has 0 radical (unpaired) electrons. The van der Waals surface area contributed by atoms with Crippen molar-refractivity contribution in [2.24, 2.45) is 0 Å². The number of hydrogen-bond acceptors (Lipinski definition) is 4. The fourth-order valence-electron chi connectivity index (χ4n) is 1.56. The van der Waals surface area contributed by atoms with E-state index >= 15 is 0 Å². The molecule has 0 amide bonds. The van der Waals surface area contributed by atoms with E-state index in [9.17, 15) is 4.57 Å². The summed E-state index contributed by atoms with van der Waals surface area (Å²) in [5, 5.41) is 1.18. The van der Waals surface area contributed by atoms with Crippen molar-refractivity contribution in [3.8, 4) is 10.4 Å². The van der Waals surface area contributed by atoms with Crippen molar-refractivity contribution in [3.05, 3.63) is 36.4 Å². The van der Waals surface area contributed by atoms with Gasteiger partial charge in [-0.3, -0.25) is 4.57 Å². The number of nitrogen functional groups attached to an aromatic ring is 1. The lowest BCUT2D eigenvalue weighted by atomic mass is 10.2. The molecule has 0 aliphatic rings. The Labute approximate surface area is 105 Å². The van der Waals surface area contributed by atoms with Gasteiger partial charge in [0.05, 0.1) is 10.3 Å². The monoisotopic (exact) mass is 267 g/mol. The van der Waals surface area contributed by atoms with Gasteiger partial charge in [0.1, 0.15) is 0 Å². The number of nitrogens with two attached hydrogens (primary N) is 1. The molecule has 1 unspecified atom stereocenters. The maximum atomic E-state index is 12.2. The maximum Gasteiger partial charge on any atom is 0.231 e. The van der Waals surface area contributed by atoms with Crippen LogP contribution in [-0.4, -0.2) is 13.8 Å². The lowest BCUT2D eigenvalue weighted by Crippen LogP contribution is -2.06. The van der Waals surface area contributed by atoms with Gasteiger partial charge >= 0.3 is 0 Å². The van der Waals surface area contributed by atoms with Gasteiger partial charge in [0.25, 0.3) is 0 Å². The summed E-state index contributed by atoms with van der Waals surface area (Å²) in [7, 11) is -1.33. The van der Waals surface area contributed by atoms with Crippen molar-refractivity contribution in [3.63, 3.8) is 0 Å². The van der Waals surface area contributed by atoms with Gasteiger partial charge in [0.15, 0.2) is 0 Å². The molecule has 1 heterocycles. The second kappa shape index (κ2) is 4.65. The summed E-state index contributed by atoms with van der Waals surface area (Å²) >= 11 is 1.44. The van der Waals surface area contributed by atoms with E-state index in [2.05, 4.69) is 0 Å². The summed E-state index contributed by atoms with van der Waals surface area (Å²) in [6.07, 6.45) is 0. The topological polar surface area (TPSA) is 52.3 Å². The Kier molecular flexibility index (Phi) is 3.38. The van der Waals surface area contributed by atoms with E-state index in [0.29, 0.717) is 10.3 Å². The molecule has 0 aliphatic carbocycles. The molecule has 2 aromatic rings. The van der Waals surface area contributed by atoms with E-state index < -0.39 is 7.37 Å². The minimum atomic E-state index is -2.78. The third-order valence-electron chi connectivity index (χ3n) is 2.58. The lowest BCUT2D eigenvalue weighted by Gasteiger charge is -2.08. The highest BCUT2D eigenvalue weighted by Crippen LogP contribution is 2.45. The van der Waals surface area contributed by atoms with E-state index in [-0.39, 0.29) is 0 Å². The highest BCUT2D eigenvalue weighted by molar-refractivity contribution is 7.67. The molecule has 90 valence electrons. The molecule has 1 atom stereocenters. The van der Waals surface area contributed by atoms with Crippen LogP contribution in [0.5, 0.6) is 0 Å². The molecule has 0 bridgehead atoms. The Balaban J connectivity index is 2.48. The van der Waals surface area contributed by atoms with Crippen molar-refractivity contribution >= 4 is 29.0 Å². The Bertz CT molecular complexity index is 565. The predicted molar refractivity (Wildman–Crippen MR) is 74.3 cm³/mol. The van der Waals surface area contributed by atoms with Gasteiger partial charge < -0.3 is 10.3 Å². The minimum Gasteiger partial charge on any atom is -0.390 e. The summed E-state index contributed by atoms with van der Waals surface area (Å²) in [6, 6.07) is 11.8. The van der Waals surface area contributed by atoms with Crippen molar-refractivity contribution in [2.75, 3.05) is 19.5 Å². The van der Waals surface area contributed by atoms with Crippen LogP contribution in [0.15, 0.2) is 36.4 Å². The Morgan fingerprint density at radius 2 is 1.94 bits per heavy atom. The van der Waals surface area contributed by atoms with Crippen LogP contribution in [0.25, 0.3) is 10.4 Å². The first-order valence-corrected chi connectivity index (χ1v) is 8.02. The van der Waals surface area contributed by atoms with Crippen LogP contribution in [0.2, 0.25) is 0 Å². The lowest BCUT2D eigenvalue weighted by molar-refractivity contribution is 0.408. The molecular formula is C12H14NO2PS. The smallest absolute Gasteiger partial charge is 0.231 e. The normalized spacial score (nSPS) is 14.5. The van der Waals surface area contributed by atoms with E-state index in [1.807, 2.05) is 36.4 Å². The van der Waals surface area contributed by atoms with Crippen LogP contribution >= 0.6 is 18.7 Å². The number of anilines is 1. The largest absolute Gasteiger partial charge is 0.390 e. The zero-order valence-electron chi connectivity index (χ0n) is 9.71. The SMILES string of the molecule is COP(C)(=O)c1cc(-c2ccccc2)sc1N. The summed E-state index contributed by atoms with van der Waals surface area (Å²) in [5.41, 5.74) is 6.98. The van der Waals surface area contributed by atoms with Gasteiger partial charge in [-0.25, -0.2) is 0 Å². The van der Waals surface area contributed by atoms with Gasteiger partial charge in [0, 0.05) is 18.7 Å². The molecule has 2 N–H and O–H groups in total. The van der Waals surface area contributed by atoms with Crippen LogP contribution in [0.4, 0.5) is 5.00 Å². The Morgan fingerprint density at radius 1 is 1.29 bits per heavy atom. The molecule has 17 heavy (non-hydrogen) atoms. The third-order valence-corrected chi connectivity index (χ3v) is 5.69. The first kappa shape index (κ1) is 12.4. The van der Waals surface area contributed by atoms with Gasteiger partial charge in [-0.05, 0) is 11.6 Å². The molecule has 0 aliphatic heterocycles. The highest BCUT2D eigenvalue weighted by Gasteiger charge is 2.23. The second-order valence-corrected chi connectivity index (χ2v) is 7.38. The van der Waals surface area contributed by atoms with Crippen LogP contribution in [0.1, 0.15) is 0 Å². The van der Waals surface area contributed by atoms with Crippen LogP contribution in [0, 0.1) is 0 Å². The molecule has 0 saturated carbocycles. The second-order valence-electron chi connectivity index (χ2n) is 3.75. The molecule has 1 aromatic heterocycles. The average Bonchev–Trinajstić information content (AvgIpc) is 2.73. The van der Waals surface area contributed by atoms with Crippen LogP contribution < -0.4 is 11.0 Å². The molecule has 3 nitrogen and oxygen atoms in total. The first-order valence-electron chi connectivity index (χ1n) is 5.13. The molecule has 0 saturated heterocycles. The number of rotatable bonds is 3. The van der Waals surface area contributed by atoms with Crippen LogP contribution in [0.3, 0.4) is 0 Å². The highest BCUT2D eigenvalue weighted by atomic mass is 32.1. The van der Waals surface area contributed by atoms with E-state index in [0.717, 1.165) is 10.4 Å². The Hall–Kier alpha value is -1.09. The summed E-state index contributed by atoms with van der Waals surface area (Å²) in [4.78, 5) is 1.01. The minimum absolute atomic E-state index is 0.566. The fraction of sp³-hybridized carbons (Fsp3) is 0.167. The molecule has 0 fully saturated rings. The first-order chi connectivity index (χ1) is 8.04. The van der Waals surface area contributed by atoms with Gasteiger partial charge in [-0.2, -0.15) is 0 Å². The number of benzene rings is 1. The van der Waals surface area contributed by atoms with Gasteiger partial charge in [-0.1, -0.05) is 30.3 Å². The molecule has 2 rings (SSSR count). The Morgan fingerprint density at radius 3 is 2.53 bits per heavy atom. The molecule has 1 aromatic carbocycles. The van der Waals surface area contributed by atoms with Crippen molar-refractivity contribution in [2.45, 2.75) is 0 Å². The van der Waals surface area contributed by atoms with E-state index in [4.69, 9.17) is 10.3 Å². The number of hydrogen-bond donors (Lipinski definition) is 1. The van der Waals surface area contributed by atoms with Crippen molar-refractivity contribution < 1.29 is 9.09 Å². The molecule has 0 spiro atoms. The predicted octanol–water partition coefficient (Wildman–Crippen LogP) is 3.18. The van der Waals surface area contributed by atoms with Crippen LogP contribution in [-0.2, 0) is 9.09 Å². The maximum absolute atomic E-state index is 12.2. The van der Waals surface area contributed by atoms with Gasteiger partial charge in [0.2, 0.25) is 7.37 Å². The molecule has 5 heteroatoms. The van der Waals surface area contributed by atoms with Crippen molar-refractivity contribution in [1.82, 2.24) is 0 Å². The summed E-state index contributed by atoms with van der Waals surface area (Å²) in [6.45, 7) is 1.58. The zero-order valence-corrected chi connectivity index (χ0v) is 11.4. The standard InChI is InChI=1S/C12H14NO2PS/c1-15-16(2,14)10-8-11(17-12(10)13)9-6-4-3-5-7-9/h3-8H,13H2,1-2H3. The summed E-state index contributed by atoms with van der Waals surface area (Å²) < 4.78 is 17.2.